The topological polar surface area (TPSA) is 105 Å². The largest absolute Gasteiger partial charge is 0.474 e. The number of imidazole rings is 1. The Hall–Kier alpha value is -2.18. The van der Waals surface area contributed by atoms with E-state index >= 15 is 0 Å². The fourth-order valence-corrected chi connectivity index (χ4v) is 1.06. The number of carbonyl (C=O) groups is 1. The van der Waals surface area contributed by atoms with Gasteiger partial charge in [0.25, 0.3) is 0 Å². The molecule has 0 saturated carbocycles. The number of rotatable bonds is 2. The Morgan fingerprint density at radius 3 is 2.60 bits per heavy atom. The summed E-state index contributed by atoms with van der Waals surface area (Å²) in [6, 6.07) is 0. The molecule has 0 atom stereocenters. The highest BCUT2D eigenvalue weighted by atomic mass is 16.5. The lowest BCUT2D eigenvalue weighted by molar-refractivity contribution is 0.0643. The van der Waals surface area contributed by atoms with Gasteiger partial charge in [0.1, 0.15) is 0 Å². The number of hydrogen-bond donors (Lipinski definition) is 2. The summed E-state index contributed by atoms with van der Waals surface area (Å²) in [5.41, 5.74) is 1.69. The standard InChI is InChI=1S/C8H8N4O3/c1-3-4(2)10-5(9-3)6-11-7(8(13)14)15-12-6/h1-2H3,(H,9,10)(H,13,14). The minimum absolute atomic E-state index is 0.142. The molecule has 0 amide bonds. The first kappa shape index (κ1) is 9.38. The van der Waals surface area contributed by atoms with E-state index in [2.05, 4.69) is 24.6 Å². The molecule has 0 bridgehead atoms. The van der Waals surface area contributed by atoms with E-state index in [1.54, 1.807) is 0 Å². The predicted molar refractivity (Wildman–Crippen MR) is 48.3 cm³/mol. The number of aromatic amines is 1. The van der Waals surface area contributed by atoms with Crippen molar-refractivity contribution in [1.82, 2.24) is 20.1 Å². The van der Waals surface area contributed by atoms with Crippen LogP contribution in [0.5, 0.6) is 0 Å². The lowest BCUT2D eigenvalue weighted by atomic mass is 10.4. The zero-order valence-electron chi connectivity index (χ0n) is 8.11. The van der Waals surface area contributed by atoms with E-state index in [9.17, 15) is 4.79 Å². The van der Waals surface area contributed by atoms with Crippen molar-refractivity contribution in [1.29, 1.82) is 0 Å². The van der Waals surface area contributed by atoms with Gasteiger partial charge >= 0.3 is 11.9 Å². The first-order valence-electron chi connectivity index (χ1n) is 4.18. The Kier molecular flexibility index (Phi) is 2.00. The molecule has 0 saturated heterocycles. The molecular weight excluding hydrogens is 200 g/mol. The molecular formula is C8H8N4O3. The van der Waals surface area contributed by atoms with E-state index in [4.69, 9.17) is 5.11 Å². The summed E-state index contributed by atoms with van der Waals surface area (Å²) in [6.45, 7) is 3.68. The van der Waals surface area contributed by atoms with E-state index in [0.717, 1.165) is 11.4 Å². The van der Waals surface area contributed by atoms with Crippen molar-refractivity contribution in [2.45, 2.75) is 13.8 Å². The van der Waals surface area contributed by atoms with Gasteiger partial charge in [-0.3, -0.25) is 0 Å². The Balaban J connectivity index is 2.41. The fraction of sp³-hybridized carbons (Fsp3) is 0.250. The minimum atomic E-state index is -1.26. The van der Waals surface area contributed by atoms with Crippen molar-refractivity contribution in [3.8, 4) is 11.6 Å². The number of nitrogens with one attached hydrogen (secondary N) is 1. The van der Waals surface area contributed by atoms with Gasteiger partial charge in [0.2, 0.25) is 5.82 Å². The Bertz CT molecular complexity index is 494. The number of aryl methyl sites for hydroxylation is 2. The Labute approximate surface area is 84.2 Å². The molecule has 2 rings (SSSR count). The molecule has 78 valence electrons. The lowest BCUT2D eigenvalue weighted by Crippen LogP contribution is -1.95. The van der Waals surface area contributed by atoms with Gasteiger partial charge in [-0.05, 0) is 13.8 Å². The maximum Gasteiger partial charge on any atom is 0.394 e. The molecule has 2 heterocycles. The highest BCUT2D eigenvalue weighted by Crippen LogP contribution is 2.13. The van der Waals surface area contributed by atoms with Gasteiger partial charge < -0.3 is 14.6 Å². The molecule has 0 aliphatic heterocycles. The van der Waals surface area contributed by atoms with Gasteiger partial charge in [0.15, 0.2) is 5.82 Å². The highest BCUT2D eigenvalue weighted by Gasteiger charge is 2.16. The van der Waals surface area contributed by atoms with Crippen LogP contribution in [0.25, 0.3) is 11.6 Å². The van der Waals surface area contributed by atoms with Crippen LogP contribution in [0, 0.1) is 13.8 Å². The number of hydrogen-bond acceptors (Lipinski definition) is 5. The van der Waals surface area contributed by atoms with Crippen molar-refractivity contribution in [2.75, 3.05) is 0 Å². The number of carboxylic acids is 1. The maximum absolute atomic E-state index is 10.5. The van der Waals surface area contributed by atoms with Crippen molar-refractivity contribution in [2.24, 2.45) is 0 Å². The molecule has 0 spiro atoms. The minimum Gasteiger partial charge on any atom is -0.474 e. The number of carboxylic acid groups (broad SMARTS) is 1. The van der Waals surface area contributed by atoms with Crippen molar-refractivity contribution in [3.63, 3.8) is 0 Å². The second-order valence-electron chi connectivity index (χ2n) is 3.02. The smallest absolute Gasteiger partial charge is 0.394 e. The summed E-state index contributed by atoms with van der Waals surface area (Å²) in [6.07, 6.45) is 0. The SMILES string of the molecule is Cc1nc(-c2noc(C(=O)O)n2)[nH]c1C. The summed E-state index contributed by atoms with van der Waals surface area (Å²) in [7, 11) is 0. The number of nitrogens with zero attached hydrogens (tertiary/aromatic N) is 3. The molecule has 0 unspecified atom stereocenters. The van der Waals surface area contributed by atoms with E-state index in [1.165, 1.54) is 0 Å². The molecule has 0 aliphatic carbocycles. The number of aromatic carboxylic acids is 1. The first-order chi connectivity index (χ1) is 7.08. The molecule has 7 nitrogen and oxygen atoms in total. The average molecular weight is 208 g/mol. The van der Waals surface area contributed by atoms with Crippen LogP contribution in [0.1, 0.15) is 22.1 Å². The van der Waals surface area contributed by atoms with Crippen LogP contribution in [0.15, 0.2) is 4.52 Å². The zero-order valence-corrected chi connectivity index (χ0v) is 8.11. The zero-order chi connectivity index (χ0) is 11.0. The van der Waals surface area contributed by atoms with E-state index in [0.29, 0.717) is 5.82 Å². The third-order valence-electron chi connectivity index (χ3n) is 1.95. The Morgan fingerprint density at radius 1 is 1.40 bits per heavy atom. The highest BCUT2D eigenvalue weighted by molar-refractivity contribution is 5.82. The summed E-state index contributed by atoms with van der Waals surface area (Å²) in [5.74, 6) is -1.16. The van der Waals surface area contributed by atoms with Crippen LogP contribution in [0.3, 0.4) is 0 Å². The summed E-state index contributed by atoms with van der Waals surface area (Å²) in [4.78, 5) is 21.2. The van der Waals surface area contributed by atoms with Crippen molar-refractivity contribution < 1.29 is 14.4 Å². The van der Waals surface area contributed by atoms with Crippen LogP contribution < -0.4 is 0 Å². The summed E-state index contributed by atoms with van der Waals surface area (Å²) >= 11 is 0. The van der Waals surface area contributed by atoms with Crippen LogP contribution in [0.4, 0.5) is 0 Å². The molecule has 7 heteroatoms. The maximum atomic E-state index is 10.5. The molecule has 15 heavy (non-hydrogen) atoms. The third kappa shape index (κ3) is 1.58. The second kappa shape index (κ2) is 3.19. The van der Waals surface area contributed by atoms with Gasteiger partial charge in [-0.15, -0.1) is 0 Å². The fourth-order valence-electron chi connectivity index (χ4n) is 1.06. The van der Waals surface area contributed by atoms with Crippen molar-refractivity contribution in [3.05, 3.63) is 17.3 Å². The van der Waals surface area contributed by atoms with Crippen LogP contribution in [-0.4, -0.2) is 31.2 Å². The van der Waals surface area contributed by atoms with Crippen LogP contribution in [0.2, 0.25) is 0 Å². The number of H-pyrrole nitrogens is 1. The van der Waals surface area contributed by atoms with Crippen LogP contribution in [-0.2, 0) is 0 Å². The lowest BCUT2D eigenvalue weighted by Gasteiger charge is -1.83. The van der Waals surface area contributed by atoms with Crippen molar-refractivity contribution >= 4 is 5.97 Å². The number of aromatic nitrogens is 4. The van der Waals surface area contributed by atoms with Crippen LogP contribution >= 0.6 is 0 Å². The first-order valence-corrected chi connectivity index (χ1v) is 4.18. The van der Waals surface area contributed by atoms with Gasteiger partial charge in [-0.1, -0.05) is 5.16 Å². The third-order valence-corrected chi connectivity index (χ3v) is 1.95. The van der Waals surface area contributed by atoms with Gasteiger partial charge in [-0.25, -0.2) is 9.78 Å². The monoisotopic (exact) mass is 208 g/mol. The molecule has 0 aromatic carbocycles. The molecule has 0 fully saturated rings. The average Bonchev–Trinajstić information content (AvgIpc) is 2.74. The quantitative estimate of drug-likeness (QED) is 0.755. The van der Waals surface area contributed by atoms with E-state index < -0.39 is 11.9 Å². The van der Waals surface area contributed by atoms with E-state index in [1.807, 2.05) is 13.8 Å². The van der Waals surface area contributed by atoms with E-state index in [-0.39, 0.29) is 5.82 Å². The predicted octanol–water partition coefficient (Wildman–Crippen LogP) is 0.775. The summed E-state index contributed by atoms with van der Waals surface area (Å²) < 4.78 is 4.51. The van der Waals surface area contributed by atoms with Gasteiger partial charge in [0.05, 0.1) is 5.69 Å². The van der Waals surface area contributed by atoms with Gasteiger partial charge in [-0.2, -0.15) is 4.98 Å². The molecule has 2 aromatic heterocycles. The second-order valence-corrected chi connectivity index (χ2v) is 3.02. The summed E-state index contributed by atoms with van der Waals surface area (Å²) in [5, 5.41) is 12.1. The van der Waals surface area contributed by atoms with Gasteiger partial charge in [0, 0.05) is 5.69 Å². The molecule has 2 aromatic rings. The normalized spacial score (nSPS) is 10.5. The molecule has 0 radical (unpaired) electrons. The Morgan fingerprint density at radius 2 is 2.13 bits per heavy atom. The molecule has 2 N–H and O–H groups in total. The molecule has 0 aliphatic rings.